The highest BCUT2D eigenvalue weighted by atomic mass is 35.5. The van der Waals surface area contributed by atoms with Crippen molar-refractivity contribution in [3.63, 3.8) is 0 Å². The van der Waals surface area contributed by atoms with E-state index in [4.69, 9.17) is 34.3 Å². The van der Waals surface area contributed by atoms with Gasteiger partial charge in [-0.3, -0.25) is 4.68 Å². The number of ether oxygens (including phenoxy) is 1. The molecule has 0 saturated heterocycles. The van der Waals surface area contributed by atoms with E-state index < -0.39 is 0 Å². The third-order valence-electron chi connectivity index (χ3n) is 2.38. The molecule has 1 aromatic carbocycles. The summed E-state index contributed by atoms with van der Waals surface area (Å²) in [5, 5.41) is 4.41. The van der Waals surface area contributed by atoms with Crippen molar-refractivity contribution in [1.29, 1.82) is 0 Å². The molecule has 0 aliphatic rings. The highest BCUT2D eigenvalue weighted by Gasteiger charge is 2.07. The van der Waals surface area contributed by atoms with Crippen molar-refractivity contribution in [3.05, 3.63) is 40.9 Å². The van der Waals surface area contributed by atoms with Gasteiger partial charge in [0, 0.05) is 12.6 Å². The minimum absolute atomic E-state index is 0.294. The average molecular weight is 283 g/mol. The molecular weight excluding hydrogens is 272 g/mol. The summed E-state index contributed by atoms with van der Waals surface area (Å²) in [5.74, 6) is 1.27. The molecule has 0 atom stereocenters. The number of nitrogens with two attached hydrogens (primary N) is 1. The Labute approximate surface area is 115 Å². The summed E-state index contributed by atoms with van der Waals surface area (Å²) in [5.41, 5.74) is 6.22. The van der Waals surface area contributed by atoms with Crippen molar-refractivity contribution in [3.8, 4) is 5.75 Å². The first kappa shape index (κ1) is 12.8. The van der Waals surface area contributed by atoms with E-state index in [1.807, 2.05) is 0 Å². The molecule has 18 heavy (non-hydrogen) atoms. The van der Waals surface area contributed by atoms with Crippen LogP contribution in [0.1, 0.15) is 11.4 Å². The Bertz CT molecular complexity index is 584. The maximum atomic E-state index is 6.07. The zero-order chi connectivity index (χ0) is 13.1. The molecule has 0 fully saturated rings. The van der Waals surface area contributed by atoms with Gasteiger partial charge in [0.2, 0.25) is 0 Å². The summed E-state index contributed by atoms with van der Waals surface area (Å²) in [6.07, 6.45) is 1.47. The van der Waals surface area contributed by atoms with Crippen LogP contribution in [0.4, 0.5) is 0 Å². The van der Waals surface area contributed by atoms with Crippen molar-refractivity contribution >= 4 is 28.8 Å². The van der Waals surface area contributed by atoms with Crippen LogP contribution < -0.4 is 10.5 Å². The number of halogens is 1. The highest BCUT2D eigenvalue weighted by Crippen LogP contribution is 2.26. The van der Waals surface area contributed by atoms with E-state index >= 15 is 0 Å². The van der Waals surface area contributed by atoms with Crippen molar-refractivity contribution in [1.82, 2.24) is 14.8 Å². The van der Waals surface area contributed by atoms with E-state index in [2.05, 4.69) is 10.1 Å². The first-order valence-electron chi connectivity index (χ1n) is 5.13. The lowest BCUT2D eigenvalue weighted by Crippen LogP contribution is -2.09. The summed E-state index contributed by atoms with van der Waals surface area (Å²) in [7, 11) is 1.79. The third-order valence-corrected chi connectivity index (χ3v) is 2.91. The van der Waals surface area contributed by atoms with Gasteiger partial charge < -0.3 is 10.5 Å². The molecule has 2 aromatic rings. The van der Waals surface area contributed by atoms with E-state index in [0.717, 1.165) is 0 Å². The third kappa shape index (κ3) is 2.77. The summed E-state index contributed by atoms with van der Waals surface area (Å²) in [6.45, 7) is 0.294. The molecule has 0 radical (unpaired) electrons. The fourth-order valence-corrected chi connectivity index (χ4v) is 1.73. The molecule has 0 unspecified atom stereocenters. The summed E-state index contributed by atoms with van der Waals surface area (Å²) in [4.78, 5) is 4.35. The quantitative estimate of drug-likeness (QED) is 0.865. The van der Waals surface area contributed by atoms with Crippen LogP contribution in [0.25, 0.3) is 0 Å². The first-order valence-corrected chi connectivity index (χ1v) is 5.91. The number of aryl methyl sites for hydroxylation is 1. The predicted molar refractivity (Wildman–Crippen MR) is 72.7 cm³/mol. The fourth-order valence-electron chi connectivity index (χ4n) is 1.36. The van der Waals surface area contributed by atoms with Gasteiger partial charge in [-0.1, -0.05) is 23.8 Å². The Morgan fingerprint density at radius 1 is 1.56 bits per heavy atom. The Balaban J connectivity index is 2.11. The molecule has 5 nitrogen and oxygen atoms in total. The van der Waals surface area contributed by atoms with Crippen molar-refractivity contribution in [2.75, 3.05) is 0 Å². The molecule has 0 aliphatic carbocycles. The van der Waals surface area contributed by atoms with Crippen LogP contribution in [0, 0.1) is 0 Å². The zero-order valence-corrected chi connectivity index (χ0v) is 11.2. The van der Waals surface area contributed by atoms with Gasteiger partial charge in [0.15, 0.2) is 5.82 Å². The van der Waals surface area contributed by atoms with Crippen molar-refractivity contribution in [2.24, 2.45) is 12.8 Å². The van der Waals surface area contributed by atoms with Gasteiger partial charge >= 0.3 is 0 Å². The van der Waals surface area contributed by atoms with Gasteiger partial charge in [0.1, 0.15) is 23.7 Å². The molecular formula is C11H11ClN4OS. The summed E-state index contributed by atoms with van der Waals surface area (Å²) < 4.78 is 7.19. The number of thiocarbonyl (C=S) groups is 1. The first-order chi connectivity index (χ1) is 8.58. The van der Waals surface area contributed by atoms with Crippen LogP contribution in [-0.2, 0) is 13.7 Å². The summed E-state index contributed by atoms with van der Waals surface area (Å²) >= 11 is 10.9. The van der Waals surface area contributed by atoms with Crippen LogP contribution in [0.5, 0.6) is 5.75 Å². The second kappa shape index (κ2) is 5.32. The Hall–Kier alpha value is -1.66. The molecule has 94 valence electrons. The monoisotopic (exact) mass is 282 g/mol. The molecule has 7 heteroatoms. The smallest absolute Gasteiger partial charge is 0.164 e. The number of rotatable bonds is 4. The van der Waals surface area contributed by atoms with Gasteiger partial charge in [0.05, 0.1) is 5.02 Å². The summed E-state index contributed by atoms with van der Waals surface area (Å²) in [6, 6.07) is 5.17. The lowest BCUT2D eigenvalue weighted by molar-refractivity contribution is 0.290. The second-order valence-electron chi connectivity index (χ2n) is 3.60. The van der Waals surface area contributed by atoms with Crippen LogP contribution >= 0.6 is 23.8 Å². The Morgan fingerprint density at radius 3 is 2.89 bits per heavy atom. The number of hydrogen-bond acceptors (Lipinski definition) is 4. The SMILES string of the molecule is Cn1ncnc1COc1ccc(C(N)=S)cc1Cl. The molecule has 0 bridgehead atoms. The molecule has 1 heterocycles. The zero-order valence-electron chi connectivity index (χ0n) is 9.63. The van der Waals surface area contributed by atoms with Crippen molar-refractivity contribution in [2.45, 2.75) is 6.61 Å². The predicted octanol–water partition coefficient (Wildman–Crippen LogP) is 1.68. The lowest BCUT2D eigenvalue weighted by Gasteiger charge is -2.08. The molecule has 1 aromatic heterocycles. The number of hydrogen-bond donors (Lipinski definition) is 1. The molecule has 2 N–H and O–H groups in total. The van der Waals surface area contributed by atoms with Gasteiger partial charge in [-0.15, -0.1) is 0 Å². The topological polar surface area (TPSA) is 66.0 Å². The maximum Gasteiger partial charge on any atom is 0.164 e. The second-order valence-corrected chi connectivity index (χ2v) is 4.45. The highest BCUT2D eigenvalue weighted by molar-refractivity contribution is 7.80. The molecule has 0 amide bonds. The van der Waals surface area contributed by atoms with E-state index in [0.29, 0.717) is 33.8 Å². The Kier molecular flexibility index (Phi) is 3.78. The largest absolute Gasteiger partial charge is 0.484 e. The van der Waals surface area contributed by atoms with Gasteiger partial charge in [-0.25, -0.2) is 4.98 Å². The van der Waals surface area contributed by atoms with Crippen LogP contribution in [0.3, 0.4) is 0 Å². The Morgan fingerprint density at radius 2 is 2.33 bits per heavy atom. The minimum Gasteiger partial charge on any atom is -0.484 e. The normalized spacial score (nSPS) is 10.3. The molecule has 2 rings (SSSR count). The molecule has 0 saturated carbocycles. The van der Waals surface area contributed by atoms with E-state index in [9.17, 15) is 0 Å². The number of nitrogens with zero attached hydrogens (tertiary/aromatic N) is 3. The van der Waals surface area contributed by atoms with Gasteiger partial charge in [-0.2, -0.15) is 5.10 Å². The van der Waals surface area contributed by atoms with Gasteiger partial charge in [-0.05, 0) is 18.2 Å². The van der Waals surface area contributed by atoms with E-state index in [1.165, 1.54) is 6.33 Å². The van der Waals surface area contributed by atoms with E-state index in [-0.39, 0.29) is 0 Å². The minimum atomic E-state index is 0.294. The van der Waals surface area contributed by atoms with Gasteiger partial charge in [0.25, 0.3) is 0 Å². The number of aromatic nitrogens is 3. The molecule has 0 spiro atoms. The fraction of sp³-hybridized carbons (Fsp3) is 0.182. The number of benzene rings is 1. The van der Waals surface area contributed by atoms with Crippen LogP contribution in [-0.4, -0.2) is 19.8 Å². The van der Waals surface area contributed by atoms with Crippen LogP contribution in [0.15, 0.2) is 24.5 Å². The maximum absolute atomic E-state index is 6.07. The average Bonchev–Trinajstić information content (AvgIpc) is 2.73. The van der Waals surface area contributed by atoms with Crippen molar-refractivity contribution < 1.29 is 4.74 Å². The van der Waals surface area contributed by atoms with Crippen LogP contribution in [0.2, 0.25) is 5.02 Å². The lowest BCUT2D eigenvalue weighted by atomic mass is 10.2. The molecule has 0 aliphatic heterocycles. The standard InChI is InChI=1S/C11H11ClN4OS/c1-16-10(14-6-15-16)5-17-9-3-2-7(11(13)18)4-8(9)12/h2-4,6H,5H2,1H3,(H2,13,18). The van der Waals surface area contributed by atoms with E-state index in [1.54, 1.807) is 29.9 Å².